The first-order valence-corrected chi connectivity index (χ1v) is 7.89. The lowest BCUT2D eigenvalue weighted by atomic mass is 10.2. The molecule has 0 radical (unpaired) electrons. The van der Waals surface area contributed by atoms with E-state index in [-0.39, 0.29) is 11.8 Å². The van der Waals surface area contributed by atoms with E-state index in [2.05, 4.69) is 5.32 Å². The second-order valence-electron chi connectivity index (χ2n) is 5.30. The first-order valence-electron chi connectivity index (χ1n) is 7.89. The molecule has 1 aromatic carbocycles. The van der Waals surface area contributed by atoms with Crippen molar-refractivity contribution in [2.24, 2.45) is 0 Å². The highest BCUT2D eigenvalue weighted by Gasteiger charge is 2.09. The number of carbonyl (C=O) groups is 2. The van der Waals surface area contributed by atoms with Crippen LogP contribution in [0.1, 0.15) is 18.9 Å². The zero-order valence-electron chi connectivity index (χ0n) is 14.6. The fraction of sp³-hybridized carbons (Fsp3) is 0.444. The van der Waals surface area contributed by atoms with Gasteiger partial charge in [0.15, 0.2) is 0 Å². The summed E-state index contributed by atoms with van der Waals surface area (Å²) in [4.78, 5) is 25.0. The number of methoxy groups -OCH3 is 2. The average molecular weight is 334 g/mol. The SMILES string of the molecule is COCCCN(CCOC)C(=O)C=Cc1ccc(NC(C)=O)cc1. The number of rotatable bonds is 10. The number of amides is 2. The predicted molar refractivity (Wildman–Crippen MR) is 94.7 cm³/mol. The Hall–Kier alpha value is -2.18. The Morgan fingerprint density at radius 3 is 2.33 bits per heavy atom. The number of nitrogens with one attached hydrogen (secondary N) is 1. The summed E-state index contributed by atoms with van der Waals surface area (Å²) in [7, 11) is 3.26. The molecule has 0 bridgehead atoms. The lowest BCUT2D eigenvalue weighted by molar-refractivity contribution is -0.126. The molecule has 6 heteroatoms. The molecule has 0 aliphatic heterocycles. The molecule has 0 saturated heterocycles. The zero-order chi connectivity index (χ0) is 17.8. The lowest BCUT2D eigenvalue weighted by Crippen LogP contribution is -2.34. The van der Waals surface area contributed by atoms with Gasteiger partial charge in [-0.15, -0.1) is 0 Å². The molecule has 1 N–H and O–H groups in total. The third-order valence-electron chi connectivity index (χ3n) is 3.30. The highest BCUT2D eigenvalue weighted by atomic mass is 16.5. The number of ether oxygens (including phenoxy) is 2. The first-order chi connectivity index (χ1) is 11.6. The van der Waals surface area contributed by atoms with Crippen LogP contribution in [0.5, 0.6) is 0 Å². The van der Waals surface area contributed by atoms with Crippen LogP contribution in [0.25, 0.3) is 6.08 Å². The van der Waals surface area contributed by atoms with Gasteiger partial charge < -0.3 is 19.7 Å². The third-order valence-corrected chi connectivity index (χ3v) is 3.30. The summed E-state index contributed by atoms with van der Waals surface area (Å²) in [5, 5.41) is 2.70. The lowest BCUT2D eigenvalue weighted by Gasteiger charge is -2.20. The Morgan fingerprint density at radius 2 is 1.75 bits per heavy atom. The molecule has 0 atom stereocenters. The van der Waals surface area contributed by atoms with E-state index in [4.69, 9.17) is 9.47 Å². The first kappa shape index (κ1) is 19.9. The molecule has 6 nitrogen and oxygen atoms in total. The van der Waals surface area contributed by atoms with Crippen LogP contribution in [-0.2, 0) is 19.1 Å². The summed E-state index contributed by atoms with van der Waals surface area (Å²) in [6.45, 7) is 3.75. The largest absolute Gasteiger partial charge is 0.385 e. The summed E-state index contributed by atoms with van der Waals surface area (Å²) >= 11 is 0. The summed E-state index contributed by atoms with van der Waals surface area (Å²) in [5.41, 5.74) is 1.62. The third kappa shape index (κ3) is 7.89. The van der Waals surface area contributed by atoms with E-state index < -0.39 is 0 Å². The van der Waals surface area contributed by atoms with E-state index in [9.17, 15) is 9.59 Å². The van der Waals surface area contributed by atoms with Crippen molar-refractivity contribution in [1.29, 1.82) is 0 Å². The standard InChI is InChI=1S/C18H26N2O4/c1-15(21)19-17-8-5-16(6-9-17)7-10-18(22)20(12-14-24-3)11-4-13-23-2/h5-10H,4,11-14H2,1-3H3,(H,19,21). The van der Waals surface area contributed by atoms with Crippen molar-refractivity contribution in [1.82, 2.24) is 4.90 Å². The van der Waals surface area contributed by atoms with Gasteiger partial charge in [0.2, 0.25) is 11.8 Å². The fourth-order valence-electron chi connectivity index (χ4n) is 2.09. The Morgan fingerprint density at radius 1 is 1.08 bits per heavy atom. The van der Waals surface area contributed by atoms with Crippen LogP contribution < -0.4 is 5.32 Å². The number of anilines is 1. The number of nitrogens with zero attached hydrogens (tertiary/aromatic N) is 1. The van der Waals surface area contributed by atoms with Gasteiger partial charge in [0.25, 0.3) is 0 Å². The van der Waals surface area contributed by atoms with Crippen molar-refractivity contribution in [3.8, 4) is 0 Å². The van der Waals surface area contributed by atoms with Crippen molar-refractivity contribution >= 4 is 23.6 Å². The molecule has 2 amide bonds. The molecular weight excluding hydrogens is 308 g/mol. The number of benzene rings is 1. The van der Waals surface area contributed by atoms with Gasteiger partial charge in [0, 0.05) is 52.6 Å². The number of hydrogen-bond acceptors (Lipinski definition) is 4. The minimum absolute atomic E-state index is 0.0610. The van der Waals surface area contributed by atoms with E-state index in [1.165, 1.54) is 6.92 Å². The second kappa shape index (κ2) is 11.4. The molecule has 24 heavy (non-hydrogen) atoms. The normalized spacial score (nSPS) is 10.8. The van der Waals surface area contributed by atoms with Crippen LogP contribution in [-0.4, -0.2) is 57.2 Å². The van der Waals surface area contributed by atoms with Gasteiger partial charge in [-0.25, -0.2) is 0 Å². The van der Waals surface area contributed by atoms with Gasteiger partial charge >= 0.3 is 0 Å². The average Bonchev–Trinajstić information content (AvgIpc) is 2.56. The van der Waals surface area contributed by atoms with Crippen LogP contribution in [0.15, 0.2) is 30.3 Å². The Kier molecular flexibility index (Phi) is 9.41. The molecule has 0 aliphatic carbocycles. The molecule has 0 unspecified atom stereocenters. The fourth-order valence-corrected chi connectivity index (χ4v) is 2.09. The molecule has 1 aromatic rings. The van der Waals surface area contributed by atoms with Gasteiger partial charge in [-0.2, -0.15) is 0 Å². The van der Waals surface area contributed by atoms with Crippen molar-refractivity contribution < 1.29 is 19.1 Å². The Balaban J connectivity index is 2.63. The smallest absolute Gasteiger partial charge is 0.246 e. The van der Waals surface area contributed by atoms with Gasteiger partial charge in [0.1, 0.15) is 0 Å². The topological polar surface area (TPSA) is 67.9 Å². The van der Waals surface area contributed by atoms with Gasteiger partial charge in [-0.3, -0.25) is 9.59 Å². The van der Waals surface area contributed by atoms with E-state index in [1.807, 2.05) is 12.1 Å². The molecule has 0 spiro atoms. The van der Waals surface area contributed by atoms with Crippen molar-refractivity contribution in [3.05, 3.63) is 35.9 Å². The zero-order valence-corrected chi connectivity index (χ0v) is 14.6. The number of hydrogen-bond donors (Lipinski definition) is 1. The summed E-state index contributed by atoms with van der Waals surface area (Å²) in [5.74, 6) is -0.174. The maximum absolute atomic E-state index is 12.3. The second-order valence-corrected chi connectivity index (χ2v) is 5.30. The quantitative estimate of drug-likeness (QED) is 0.526. The van der Waals surface area contributed by atoms with Crippen molar-refractivity contribution in [3.63, 3.8) is 0 Å². The van der Waals surface area contributed by atoms with Gasteiger partial charge in [-0.1, -0.05) is 12.1 Å². The predicted octanol–water partition coefficient (Wildman–Crippen LogP) is 2.17. The molecule has 0 fully saturated rings. The molecule has 132 valence electrons. The molecule has 0 heterocycles. The summed E-state index contributed by atoms with van der Waals surface area (Å²) < 4.78 is 10.1. The Bertz CT molecular complexity index is 540. The molecule has 0 aromatic heterocycles. The van der Waals surface area contributed by atoms with E-state index in [1.54, 1.807) is 43.4 Å². The van der Waals surface area contributed by atoms with Gasteiger partial charge in [0.05, 0.1) is 6.61 Å². The monoisotopic (exact) mass is 334 g/mol. The van der Waals surface area contributed by atoms with E-state index in [0.717, 1.165) is 17.7 Å². The molecule has 0 aliphatic rings. The van der Waals surface area contributed by atoms with E-state index in [0.29, 0.717) is 26.3 Å². The maximum Gasteiger partial charge on any atom is 0.246 e. The maximum atomic E-state index is 12.3. The molecular formula is C18H26N2O4. The van der Waals surface area contributed by atoms with Crippen molar-refractivity contribution in [2.45, 2.75) is 13.3 Å². The minimum Gasteiger partial charge on any atom is -0.385 e. The minimum atomic E-state index is -0.113. The van der Waals surface area contributed by atoms with E-state index >= 15 is 0 Å². The van der Waals surface area contributed by atoms with Crippen LogP contribution in [0.4, 0.5) is 5.69 Å². The van der Waals surface area contributed by atoms with Crippen molar-refractivity contribution in [2.75, 3.05) is 45.8 Å². The highest BCUT2D eigenvalue weighted by Crippen LogP contribution is 2.11. The summed E-state index contributed by atoms with van der Waals surface area (Å²) in [6.07, 6.45) is 4.09. The van der Waals surface area contributed by atoms with Crippen LogP contribution >= 0.6 is 0 Å². The highest BCUT2D eigenvalue weighted by molar-refractivity contribution is 5.92. The Labute approximate surface area is 143 Å². The van der Waals surface area contributed by atoms with Crippen LogP contribution in [0, 0.1) is 0 Å². The molecule has 1 rings (SSSR count). The summed E-state index contributed by atoms with van der Waals surface area (Å²) in [6, 6.07) is 7.29. The molecule has 0 saturated carbocycles. The number of carbonyl (C=O) groups excluding carboxylic acids is 2. The van der Waals surface area contributed by atoms with Gasteiger partial charge in [-0.05, 0) is 30.2 Å². The van der Waals surface area contributed by atoms with Crippen LogP contribution in [0.2, 0.25) is 0 Å². The van der Waals surface area contributed by atoms with Crippen LogP contribution in [0.3, 0.4) is 0 Å².